The van der Waals surface area contributed by atoms with Crippen LogP contribution in [0.5, 0.6) is 11.5 Å². The summed E-state index contributed by atoms with van der Waals surface area (Å²) in [6.45, 7) is 3.22. The lowest BCUT2D eigenvalue weighted by Gasteiger charge is -2.21. The van der Waals surface area contributed by atoms with Gasteiger partial charge in [0.25, 0.3) is 5.91 Å². The first-order valence-electron chi connectivity index (χ1n) is 10.9. The fraction of sp³-hybridized carbons (Fsp3) is 0.375. The van der Waals surface area contributed by atoms with Gasteiger partial charge in [0.15, 0.2) is 6.61 Å². The Morgan fingerprint density at radius 1 is 1.15 bits per heavy atom. The van der Waals surface area contributed by atoms with Crippen molar-refractivity contribution in [2.75, 3.05) is 32.8 Å². The van der Waals surface area contributed by atoms with E-state index in [2.05, 4.69) is 21.2 Å². The summed E-state index contributed by atoms with van der Waals surface area (Å²) in [5, 5.41) is 20.0. The molecule has 1 aliphatic rings. The van der Waals surface area contributed by atoms with Crippen molar-refractivity contribution in [2.45, 2.75) is 19.4 Å². The van der Waals surface area contributed by atoms with Crippen LogP contribution in [-0.2, 0) is 9.59 Å². The van der Waals surface area contributed by atoms with Gasteiger partial charge in [0.05, 0.1) is 5.71 Å². The van der Waals surface area contributed by atoms with Crippen LogP contribution in [0.2, 0.25) is 0 Å². The molecule has 4 N–H and O–H groups in total. The summed E-state index contributed by atoms with van der Waals surface area (Å²) in [5.41, 5.74) is 3.98. The van der Waals surface area contributed by atoms with Crippen molar-refractivity contribution >= 4 is 17.5 Å². The second kappa shape index (κ2) is 12.6. The predicted octanol–water partition coefficient (Wildman–Crippen LogP) is 1.07. The topological polar surface area (TPSA) is 121 Å². The normalized spacial score (nSPS) is 16.4. The minimum atomic E-state index is -0.657. The Bertz CT molecular complexity index is 951. The number of aliphatic hydroxyl groups excluding tert-OH is 1. The summed E-state index contributed by atoms with van der Waals surface area (Å²) in [6, 6.07) is 16.6. The van der Waals surface area contributed by atoms with Gasteiger partial charge in [-0.3, -0.25) is 9.59 Å². The van der Waals surface area contributed by atoms with Gasteiger partial charge < -0.3 is 25.2 Å². The van der Waals surface area contributed by atoms with Crippen molar-refractivity contribution in [1.82, 2.24) is 16.1 Å². The van der Waals surface area contributed by atoms with Crippen LogP contribution < -0.4 is 25.5 Å². The van der Waals surface area contributed by atoms with E-state index < -0.39 is 6.10 Å². The summed E-state index contributed by atoms with van der Waals surface area (Å²) < 4.78 is 11.2. The molecular weight excluding hydrogens is 424 g/mol. The monoisotopic (exact) mass is 454 g/mol. The van der Waals surface area contributed by atoms with Crippen LogP contribution in [0.3, 0.4) is 0 Å². The first-order valence-corrected chi connectivity index (χ1v) is 10.9. The molecule has 0 saturated heterocycles. The smallest absolute Gasteiger partial charge is 0.257 e. The highest BCUT2D eigenvalue weighted by Crippen LogP contribution is 2.24. The molecule has 2 aromatic carbocycles. The number of nitrogens with zero attached hydrogens (tertiary/aromatic N) is 1. The lowest BCUT2D eigenvalue weighted by molar-refractivity contribution is -0.123. The summed E-state index contributed by atoms with van der Waals surface area (Å²) in [7, 11) is 0. The van der Waals surface area contributed by atoms with Crippen molar-refractivity contribution in [3.63, 3.8) is 0 Å². The number of hydrogen-bond acceptors (Lipinski definition) is 7. The maximum Gasteiger partial charge on any atom is 0.257 e. The molecule has 0 saturated carbocycles. The molecule has 0 fully saturated rings. The first-order chi connectivity index (χ1) is 16.0. The summed E-state index contributed by atoms with van der Waals surface area (Å²) in [5.74, 6) is 0.825. The molecule has 0 aliphatic carbocycles. The number of hydrazone groups is 1. The van der Waals surface area contributed by atoms with E-state index in [9.17, 15) is 14.7 Å². The summed E-state index contributed by atoms with van der Waals surface area (Å²) >= 11 is 0. The quantitative estimate of drug-likeness (QED) is 0.356. The molecule has 0 aromatic heterocycles. The number of carbonyl (C=O) groups is 2. The van der Waals surface area contributed by atoms with E-state index in [1.54, 1.807) is 6.07 Å². The first kappa shape index (κ1) is 24.2. The van der Waals surface area contributed by atoms with E-state index in [1.165, 1.54) is 0 Å². The van der Waals surface area contributed by atoms with Crippen LogP contribution in [0.25, 0.3) is 0 Å². The number of nitrogens with one attached hydrogen (secondary N) is 3. The Hall–Kier alpha value is -3.43. The highest BCUT2D eigenvalue weighted by molar-refractivity contribution is 6.07. The largest absolute Gasteiger partial charge is 0.491 e. The molecule has 0 bridgehead atoms. The Morgan fingerprint density at radius 2 is 1.91 bits per heavy atom. The van der Waals surface area contributed by atoms with E-state index in [0.29, 0.717) is 37.6 Å². The van der Waals surface area contributed by atoms with Gasteiger partial charge in [0, 0.05) is 37.5 Å². The van der Waals surface area contributed by atoms with Crippen molar-refractivity contribution in [1.29, 1.82) is 0 Å². The lowest BCUT2D eigenvalue weighted by Crippen LogP contribution is -2.38. The summed E-state index contributed by atoms with van der Waals surface area (Å²) in [4.78, 5) is 23.6. The van der Waals surface area contributed by atoms with Crippen molar-refractivity contribution in [2.24, 2.45) is 11.0 Å². The van der Waals surface area contributed by atoms with E-state index in [0.717, 1.165) is 11.3 Å². The van der Waals surface area contributed by atoms with Crippen LogP contribution in [0.1, 0.15) is 18.9 Å². The van der Waals surface area contributed by atoms with E-state index in [-0.39, 0.29) is 30.9 Å². The maximum absolute atomic E-state index is 12.1. The average molecular weight is 455 g/mol. The van der Waals surface area contributed by atoms with Gasteiger partial charge in [-0.2, -0.15) is 5.10 Å². The molecule has 9 nitrogen and oxygen atoms in total. The standard InChI is InChI=1S/C24H30N4O5/c1-17-13-22(30)27-28-24(17)20-9-5-6-10-21(20)33-16-23(31)26-12-11-25-14-18(29)15-32-19-7-3-2-4-8-19/h2-10,17-18,25,29H,11-16H2,1H3,(H,26,31)(H,27,30). The lowest BCUT2D eigenvalue weighted by atomic mass is 9.93. The Balaban J connectivity index is 1.34. The van der Waals surface area contributed by atoms with Crippen LogP contribution in [-0.4, -0.2) is 61.6 Å². The molecule has 2 atom stereocenters. The maximum atomic E-state index is 12.1. The van der Waals surface area contributed by atoms with Gasteiger partial charge in [0.1, 0.15) is 24.2 Å². The van der Waals surface area contributed by atoms with Gasteiger partial charge >= 0.3 is 0 Å². The van der Waals surface area contributed by atoms with E-state index in [4.69, 9.17) is 9.47 Å². The van der Waals surface area contributed by atoms with Crippen molar-refractivity contribution in [3.8, 4) is 11.5 Å². The second-order valence-corrected chi connectivity index (χ2v) is 7.75. The molecule has 9 heteroatoms. The van der Waals surface area contributed by atoms with Crippen LogP contribution in [0, 0.1) is 5.92 Å². The number of benzene rings is 2. The SMILES string of the molecule is CC1CC(=O)NN=C1c1ccccc1OCC(=O)NCCNCC(O)COc1ccccc1. The molecule has 176 valence electrons. The third-order valence-corrected chi connectivity index (χ3v) is 4.97. The fourth-order valence-corrected chi connectivity index (χ4v) is 3.30. The van der Waals surface area contributed by atoms with E-state index >= 15 is 0 Å². The minimum absolute atomic E-state index is 0.0446. The number of rotatable bonds is 12. The molecule has 1 heterocycles. The Kier molecular flexibility index (Phi) is 9.22. The third-order valence-electron chi connectivity index (χ3n) is 4.97. The number of aliphatic hydroxyl groups is 1. The Labute approximate surface area is 193 Å². The number of carbonyl (C=O) groups excluding carboxylic acids is 2. The molecule has 2 amide bonds. The van der Waals surface area contributed by atoms with Gasteiger partial charge in [0.2, 0.25) is 5.91 Å². The van der Waals surface area contributed by atoms with Gasteiger partial charge in [-0.1, -0.05) is 37.3 Å². The fourth-order valence-electron chi connectivity index (χ4n) is 3.30. The average Bonchev–Trinajstić information content (AvgIpc) is 2.82. The van der Waals surface area contributed by atoms with Crippen LogP contribution >= 0.6 is 0 Å². The van der Waals surface area contributed by atoms with Gasteiger partial charge in [-0.05, 0) is 24.3 Å². The third kappa shape index (κ3) is 7.89. The number of ether oxygens (including phenoxy) is 2. The zero-order chi connectivity index (χ0) is 23.5. The van der Waals surface area contributed by atoms with E-state index in [1.807, 2.05) is 55.5 Å². The molecule has 3 rings (SSSR count). The molecule has 2 aromatic rings. The molecule has 1 aliphatic heterocycles. The van der Waals surface area contributed by atoms with Crippen molar-refractivity contribution < 1.29 is 24.2 Å². The second-order valence-electron chi connectivity index (χ2n) is 7.75. The predicted molar refractivity (Wildman–Crippen MR) is 124 cm³/mol. The van der Waals surface area contributed by atoms with Gasteiger partial charge in [-0.15, -0.1) is 0 Å². The Morgan fingerprint density at radius 3 is 2.70 bits per heavy atom. The van der Waals surface area contributed by atoms with Crippen LogP contribution in [0.15, 0.2) is 59.7 Å². The number of hydrogen-bond donors (Lipinski definition) is 4. The molecule has 33 heavy (non-hydrogen) atoms. The highest BCUT2D eigenvalue weighted by Gasteiger charge is 2.24. The molecule has 0 spiro atoms. The highest BCUT2D eigenvalue weighted by atomic mass is 16.5. The van der Waals surface area contributed by atoms with Crippen molar-refractivity contribution in [3.05, 3.63) is 60.2 Å². The zero-order valence-electron chi connectivity index (χ0n) is 18.6. The zero-order valence-corrected chi connectivity index (χ0v) is 18.6. The molecule has 0 radical (unpaired) electrons. The minimum Gasteiger partial charge on any atom is -0.491 e. The van der Waals surface area contributed by atoms with Crippen LogP contribution in [0.4, 0.5) is 0 Å². The molecule has 2 unspecified atom stereocenters. The van der Waals surface area contributed by atoms with Gasteiger partial charge in [-0.25, -0.2) is 5.43 Å². The number of para-hydroxylation sites is 2. The molecular formula is C24H30N4O5. The number of amides is 2. The summed E-state index contributed by atoms with van der Waals surface area (Å²) in [6.07, 6.45) is -0.302.